The summed E-state index contributed by atoms with van der Waals surface area (Å²) in [7, 11) is 0. The summed E-state index contributed by atoms with van der Waals surface area (Å²) in [4.78, 5) is 12.9. The molecule has 1 amide bonds. The SMILES string of the molecule is C[C@H](O)CNC(=O)C1(Cc2cccc(-c3ccc(F)c(F)c3)c2)CCOCC1. The summed E-state index contributed by atoms with van der Waals surface area (Å²) in [6.07, 6.45) is 1.08. The van der Waals surface area contributed by atoms with Crippen molar-refractivity contribution in [1.29, 1.82) is 0 Å². The van der Waals surface area contributed by atoms with E-state index in [1.807, 2.05) is 24.3 Å². The number of halogens is 2. The molecular weight excluding hydrogens is 364 g/mol. The first-order chi connectivity index (χ1) is 13.4. The van der Waals surface area contributed by atoms with Crippen molar-refractivity contribution in [3.63, 3.8) is 0 Å². The van der Waals surface area contributed by atoms with Crippen molar-refractivity contribution >= 4 is 5.91 Å². The Balaban J connectivity index is 1.84. The molecule has 1 fully saturated rings. The van der Waals surface area contributed by atoms with Crippen LogP contribution in [0.25, 0.3) is 11.1 Å². The summed E-state index contributed by atoms with van der Waals surface area (Å²) in [5, 5.41) is 12.3. The van der Waals surface area contributed by atoms with Gasteiger partial charge in [0.15, 0.2) is 11.6 Å². The van der Waals surface area contributed by atoms with Crippen molar-refractivity contribution in [1.82, 2.24) is 5.32 Å². The number of carbonyl (C=O) groups excluding carboxylic acids is 1. The van der Waals surface area contributed by atoms with E-state index >= 15 is 0 Å². The van der Waals surface area contributed by atoms with Gasteiger partial charge in [0.05, 0.1) is 11.5 Å². The summed E-state index contributed by atoms with van der Waals surface area (Å²) in [6, 6.07) is 11.4. The fraction of sp³-hybridized carbons (Fsp3) is 0.409. The first kappa shape index (κ1) is 20.4. The number of nitrogens with one attached hydrogen (secondary N) is 1. The fourth-order valence-corrected chi connectivity index (χ4v) is 3.60. The van der Waals surface area contributed by atoms with Gasteiger partial charge in [-0.1, -0.05) is 30.3 Å². The molecule has 0 spiro atoms. The summed E-state index contributed by atoms with van der Waals surface area (Å²) in [6.45, 7) is 2.84. The second kappa shape index (κ2) is 8.80. The Morgan fingerprint density at radius 3 is 2.54 bits per heavy atom. The average molecular weight is 389 g/mol. The van der Waals surface area contributed by atoms with E-state index < -0.39 is 23.2 Å². The zero-order valence-corrected chi connectivity index (χ0v) is 15.9. The van der Waals surface area contributed by atoms with Crippen molar-refractivity contribution in [2.24, 2.45) is 5.41 Å². The molecule has 0 unspecified atom stereocenters. The zero-order chi connectivity index (χ0) is 20.1. The van der Waals surface area contributed by atoms with Gasteiger partial charge in [0.1, 0.15) is 0 Å². The highest BCUT2D eigenvalue weighted by Crippen LogP contribution is 2.35. The largest absolute Gasteiger partial charge is 0.392 e. The van der Waals surface area contributed by atoms with Gasteiger partial charge in [-0.05, 0) is 55.0 Å². The molecule has 2 aromatic carbocycles. The van der Waals surface area contributed by atoms with E-state index in [1.54, 1.807) is 6.92 Å². The van der Waals surface area contributed by atoms with E-state index in [9.17, 15) is 18.7 Å². The molecule has 1 aliphatic heterocycles. The van der Waals surface area contributed by atoms with Gasteiger partial charge in [0.25, 0.3) is 0 Å². The van der Waals surface area contributed by atoms with Crippen LogP contribution in [0.2, 0.25) is 0 Å². The lowest BCUT2D eigenvalue weighted by atomic mass is 9.74. The molecular formula is C22H25F2NO3. The molecule has 1 heterocycles. The Kier molecular flexibility index (Phi) is 6.42. The molecule has 0 aromatic heterocycles. The second-order valence-electron chi connectivity index (χ2n) is 7.46. The molecule has 1 saturated heterocycles. The van der Waals surface area contributed by atoms with E-state index in [0.29, 0.717) is 38.0 Å². The quantitative estimate of drug-likeness (QED) is 0.795. The average Bonchev–Trinajstić information content (AvgIpc) is 2.69. The normalized spacial score (nSPS) is 17.1. The van der Waals surface area contributed by atoms with E-state index in [1.165, 1.54) is 12.1 Å². The highest BCUT2D eigenvalue weighted by atomic mass is 19.2. The van der Waals surface area contributed by atoms with E-state index in [4.69, 9.17) is 4.74 Å². The third kappa shape index (κ3) is 4.75. The van der Waals surface area contributed by atoms with Gasteiger partial charge in [-0.15, -0.1) is 0 Å². The number of ether oxygens (including phenoxy) is 1. The molecule has 2 aromatic rings. The number of hydrogen-bond donors (Lipinski definition) is 2. The molecule has 28 heavy (non-hydrogen) atoms. The number of carbonyl (C=O) groups is 1. The molecule has 6 heteroatoms. The summed E-state index contributed by atoms with van der Waals surface area (Å²) in [5.41, 5.74) is 1.68. The van der Waals surface area contributed by atoms with Gasteiger partial charge in [-0.2, -0.15) is 0 Å². The zero-order valence-electron chi connectivity index (χ0n) is 15.9. The highest BCUT2D eigenvalue weighted by molar-refractivity contribution is 5.83. The van der Waals surface area contributed by atoms with Crippen LogP contribution >= 0.6 is 0 Å². The maximum Gasteiger partial charge on any atom is 0.226 e. The monoisotopic (exact) mass is 389 g/mol. The van der Waals surface area contributed by atoms with Gasteiger partial charge < -0.3 is 15.2 Å². The van der Waals surface area contributed by atoms with Gasteiger partial charge in [-0.3, -0.25) is 4.79 Å². The number of amides is 1. The van der Waals surface area contributed by atoms with Gasteiger partial charge >= 0.3 is 0 Å². The molecule has 0 radical (unpaired) electrons. The van der Waals surface area contributed by atoms with Crippen LogP contribution in [0.5, 0.6) is 0 Å². The van der Waals surface area contributed by atoms with Crippen molar-refractivity contribution in [2.45, 2.75) is 32.3 Å². The molecule has 0 bridgehead atoms. The minimum absolute atomic E-state index is 0.0880. The Bertz CT molecular complexity index is 832. The number of hydrogen-bond acceptors (Lipinski definition) is 3. The van der Waals surface area contributed by atoms with E-state index in [-0.39, 0.29) is 12.5 Å². The molecule has 3 rings (SSSR count). The lowest BCUT2D eigenvalue weighted by Gasteiger charge is -2.36. The summed E-state index contributed by atoms with van der Waals surface area (Å²) >= 11 is 0. The van der Waals surface area contributed by atoms with Gasteiger partial charge in [0.2, 0.25) is 5.91 Å². The minimum atomic E-state index is -0.888. The third-order valence-corrected chi connectivity index (χ3v) is 5.21. The Morgan fingerprint density at radius 2 is 1.86 bits per heavy atom. The van der Waals surface area contributed by atoms with Crippen molar-refractivity contribution in [2.75, 3.05) is 19.8 Å². The molecule has 1 atom stereocenters. The molecule has 1 aliphatic rings. The molecule has 2 N–H and O–H groups in total. The topological polar surface area (TPSA) is 58.6 Å². The standard InChI is InChI=1S/C22H25F2NO3/c1-15(26)14-25-21(27)22(7-9-28-10-8-22)13-16-3-2-4-17(11-16)18-5-6-19(23)20(24)12-18/h2-6,11-12,15,26H,7-10,13-14H2,1H3,(H,25,27)/t15-/m0/s1. The number of benzene rings is 2. The smallest absolute Gasteiger partial charge is 0.226 e. The van der Waals surface area contributed by atoms with Gasteiger partial charge in [0, 0.05) is 19.8 Å². The second-order valence-corrected chi connectivity index (χ2v) is 7.46. The van der Waals surface area contributed by atoms with Gasteiger partial charge in [-0.25, -0.2) is 8.78 Å². The van der Waals surface area contributed by atoms with E-state index in [0.717, 1.165) is 17.2 Å². The molecule has 0 aliphatic carbocycles. The number of rotatable bonds is 6. The van der Waals surface area contributed by atoms with Crippen LogP contribution in [0.15, 0.2) is 42.5 Å². The molecule has 0 saturated carbocycles. The highest BCUT2D eigenvalue weighted by Gasteiger charge is 2.40. The fourth-order valence-electron chi connectivity index (χ4n) is 3.60. The molecule has 4 nitrogen and oxygen atoms in total. The Hall–Kier alpha value is -2.31. The Morgan fingerprint density at radius 1 is 1.14 bits per heavy atom. The van der Waals surface area contributed by atoms with Crippen LogP contribution in [0.1, 0.15) is 25.3 Å². The maximum absolute atomic E-state index is 13.6. The van der Waals surface area contributed by atoms with Crippen LogP contribution in [0.4, 0.5) is 8.78 Å². The molecule has 150 valence electrons. The lowest BCUT2D eigenvalue weighted by molar-refractivity contribution is -0.137. The van der Waals surface area contributed by atoms with Crippen LogP contribution in [-0.2, 0) is 16.0 Å². The predicted molar refractivity (Wildman–Crippen MR) is 103 cm³/mol. The first-order valence-corrected chi connectivity index (χ1v) is 9.48. The first-order valence-electron chi connectivity index (χ1n) is 9.48. The Labute approximate surface area is 163 Å². The van der Waals surface area contributed by atoms with Crippen LogP contribution in [-0.4, -0.2) is 36.9 Å². The predicted octanol–water partition coefficient (Wildman–Crippen LogP) is 3.47. The van der Waals surface area contributed by atoms with Crippen LogP contribution in [0, 0.1) is 17.0 Å². The van der Waals surface area contributed by atoms with E-state index in [2.05, 4.69) is 5.32 Å². The summed E-state index contributed by atoms with van der Waals surface area (Å²) in [5.74, 6) is -1.85. The summed E-state index contributed by atoms with van der Waals surface area (Å²) < 4.78 is 32.3. The third-order valence-electron chi connectivity index (χ3n) is 5.21. The lowest BCUT2D eigenvalue weighted by Crippen LogP contribution is -2.47. The van der Waals surface area contributed by atoms with Crippen molar-refractivity contribution in [3.05, 3.63) is 59.7 Å². The minimum Gasteiger partial charge on any atom is -0.392 e. The number of aliphatic hydroxyl groups excluding tert-OH is 1. The van der Waals surface area contributed by atoms with Crippen LogP contribution in [0.3, 0.4) is 0 Å². The maximum atomic E-state index is 13.6. The van der Waals surface area contributed by atoms with Crippen molar-refractivity contribution < 1.29 is 23.4 Å². The van der Waals surface area contributed by atoms with Crippen molar-refractivity contribution in [3.8, 4) is 11.1 Å². The van der Waals surface area contributed by atoms with Crippen LogP contribution < -0.4 is 5.32 Å². The number of aliphatic hydroxyl groups is 1.